The first-order valence-electron chi connectivity index (χ1n) is 7.37. The molecule has 0 spiro atoms. The van der Waals surface area contributed by atoms with E-state index in [0.29, 0.717) is 12.3 Å². The van der Waals surface area contributed by atoms with E-state index < -0.39 is 0 Å². The van der Waals surface area contributed by atoms with Crippen molar-refractivity contribution in [1.82, 2.24) is 5.32 Å². The molecule has 1 aliphatic carbocycles. The smallest absolute Gasteiger partial charge is 0.160 e. The van der Waals surface area contributed by atoms with E-state index in [9.17, 15) is 10.2 Å². The second-order valence-corrected chi connectivity index (χ2v) is 5.83. The van der Waals surface area contributed by atoms with Gasteiger partial charge in [-0.05, 0) is 30.5 Å². The lowest BCUT2D eigenvalue weighted by atomic mass is 9.74. The molecule has 0 amide bonds. The van der Waals surface area contributed by atoms with Gasteiger partial charge in [0.1, 0.15) is 0 Å². The molecule has 0 radical (unpaired) electrons. The highest BCUT2D eigenvalue weighted by Gasteiger charge is 2.30. The molecule has 0 atom stereocenters. The lowest BCUT2D eigenvalue weighted by molar-refractivity contribution is 0.0810. The van der Waals surface area contributed by atoms with Crippen LogP contribution in [0.25, 0.3) is 0 Å². The number of aromatic hydroxyl groups is 1. The molecule has 112 valence electrons. The number of ether oxygens (including phenoxy) is 1. The molecule has 1 fully saturated rings. The number of phenols is 1. The van der Waals surface area contributed by atoms with Gasteiger partial charge >= 0.3 is 0 Å². The highest BCUT2D eigenvalue weighted by molar-refractivity contribution is 5.41. The third kappa shape index (κ3) is 3.64. The second-order valence-electron chi connectivity index (χ2n) is 5.83. The number of methoxy groups -OCH3 is 1. The van der Waals surface area contributed by atoms with E-state index in [0.717, 1.165) is 24.9 Å². The first kappa shape index (κ1) is 15.1. The monoisotopic (exact) mass is 279 g/mol. The van der Waals surface area contributed by atoms with E-state index in [-0.39, 0.29) is 17.8 Å². The Labute approximate surface area is 120 Å². The van der Waals surface area contributed by atoms with Crippen molar-refractivity contribution >= 4 is 0 Å². The Morgan fingerprint density at radius 2 is 2.00 bits per heavy atom. The minimum Gasteiger partial charge on any atom is -0.504 e. The summed E-state index contributed by atoms with van der Waals surface area (Å²) in [5, 5.41) is 22.8. The van der Waals surface area contributed by atoms with E-state index in [1.54, 1.807) is 19.2 Å². The molecule has 1 aromatic carbocycles. The van der Waals surface area contributed by atoms with Crippen molar-refractivity contribution < 1.29 is 14.9 Å². The van der Waals surface area contributed by atoms with Gasteiger partial charge < -0.3 is 20.3 Å². The third-order valence-corrected chi connectivity index (χ3v) is 4.32. The van der Waals surface area contributed by atoms with Gasteiger partial charge in [-0.15, -0.1) is 0 Å². The fourth-order valence-corrected chi connectivity index (χ4v) is 3.01. The molecule has 4 heteroatoms. The number of phenolic OH excluding ortho intramolecular Hbond substituents is 1. The second kappa shape index (κ2) is 6.95. The Hall–Kier alpha value is -1.26. The van der Waals surface area contributed by atoms with Crippen molar-refractivity contribution in [3.05, 3.63) is 23.8 Å². The van der Waals surface area contributed by atoms with Gasteiger partial charge in [0, 0.05) is 25.1 Å². The maximum Gasteiger partial charge on any atom is 0.160 e. The molecule has 0 bridgehead atoms. The van der Waals surface area contributed by atoms with Gasteiger partial charge in [-0.1, -0.05) is 25.3 Å². The van der Waals surface area contributed by atoms with Crippen LogP contribution < -0.4 is 10.1 Å². The average molecular weight is 279 g/mol. The Kier molecular flexibility index (Phi) is 5.26. The zero-order valence-corrected chi connectivity index (χ0v) is 12.2. The van der Waals surface area contributed by atoms with Crippen LogP contribution in [0.2, 0.25) is 0 Å². The number of hydrogen-bond donors (Lipinski definition) is 3. The molecule has 1 aromatic rings. The van der Waals surface area contributed by atoms with Crippen LogP contribution in [0.15, 0.2) is 18.2 Å². The van der Waals surface area contributed by atoms with Gasteiger partial charge in [0.05, 0.1) is 7.11 Å². The van der Waals surface area contributed by atoms with Crippen molar-refractivity contribution in [3.8, 4) is 11.5 Å². The van der Waals surface area contributed by atoms with Crippen LogP contribution in [0, 0.1) is 5.41 Å². The van der Waals surface area contributed by atoms with Crippen LogP contribution in [0.1, 0.15) is 37.7 Å². The summed E-state index contributed by atoms with van der Waals surface area (Å²) < 4.78 is 5.03. The summed E-state index contributed by atoms with van der Waals surface area (Å²) in [6, 6.07) is 5.44. The molecular weight excluding hydrogens is 254 g/mol. The predicted molar refractivity (Wildman–Crippen MR) is 79.0 cm³/mol. The van der Waals surface area contributed by atoms with Gasteiger partial charge in [-0.25, -0.2) is 0 Å². The maximum atomic E-state index is 9.74. The summed E-state index contributed by atoms with van der Waals surface area (Å²) >= 11 is 0. The van der Waals surface area contributed by atoms with E-state index in [1.807, 2.05) is 6.07 Å². The minimum atomic E-state index is 0.0484. The van der Waals surface area contributed by atoms with E-state index in [1.165, 1.54) is 19.3 Å². The molecule has 0 heterocycles. The molecule has 3 N–H and O–H groups in total. The largest absolute Gasteiger partial charge is 0.504 e. The van der Waals surface area contributed by atoms with Crippen LogP contribution in [0.3, 0.4) is 0 Å². The Morgan fingerprint density at radius 3 is 2.60 bits per heavy atom. The summed E-state index contributed by atoms with van der Waals surface area (Å²) in [4.78, 5) is 0. The van der Waals surface area contributed by atoms with Crippen LogP contribution >= 0.6 is 0 Å². The minimum absolute atomic E-state index is 0.0484. The van der Waals surface area contributed by atoms with Gasteiger partial charge in [0.15, 0.2) is 11.5 Å². The number of rotatable bonds is 6. The van der Waals surface area contributed by atoms with Gasteiger partial charge in [-0.3, -0.25) is 0 Å². The standard InChI is InChI=1S/C16H25NO3/c1-20-15-6-5-13(9-14(15)19)10-17-11-16(12-18)7-3-2-4-8-16/h5-6,9,17-19H,2-4,7-8,10-12H2,1H3. The van der Waals surface area contributed by atoms with Crippen LogP contribution in [-0.4, -0.2) is 30.5 Å². The number of benzene rings is 1. The summed E-state index contributed by atoms with van der Waals surface area (Å²) in [5.41, 5.74) is 1.07. The predicted octanol–water partition coefficient (Wildman–Crippen LogP) is 2.43. The quantitative estimate of drug-likeness (QED) is 0.748. The third-order valence-electron chi connectivity index (χ3n) is 4.32. The SMILES string of the molecule is COc1ccc(CNCC2(CO)CCCCC2)cc1O. The number of aliphatic hydroxyl groups is 1. The van der Waals surface area contributed by atoms with Crippen molar-refractivity contribution in [2.24, 2.45) is 5.41 Å². The molecule has 1 saturated carbocycles. The number of hydrogen-bond acceptors (Lipinski definition) is 4. The fraction of sp³-hybridized carbons (Fsp3) is 0.625. The Bertz CT molecular complexity index is 428. The highest BCUT2D eigenvalue weighted by Crippen LogP contribution is 2.35. The summed E-state index contributed by atoms with van der Waals surface area (Å²) in [5.74, 6) is 0.661. The number of aliphatic hydroxyl groups excluding tert-OH is 1. The Morgan fingerprint density at radius 1 is 1.25 bits per heavy atom. The lowest BCUT2D eigenvalue weighted by Gasteiger charge is -2.35. The van der Waals surface area contributed by atoms with Gasteiger partial charge in [-0.2, -0.15) is 0 Å². The van der Waals surface area contributed by atoms with Crippen molar-refractivity contribution in [2.75, 3.05) is 20.3 Å². The Balaban J connectivity index is 1.87. The molecule has 0 unspecified atom stereocenters. The molecule has 1 aliphatic rings. The lowest BCUT2D eigenvalue weighted by Crippen LogP contribution is -2.38. The van der Waals surface area contributed by atoms with Crippen LogP contribution in [-0.2, 0) is 6.54 Å². The van der Waals surface area contributed by atoms with E-state index in [4.69, 9.17) is 4.74 Å². The summed E-state index contributed by atoms with van der Waals surface area (Å²) in [6.07, 6.45) is 5.92. The van der Waals surface area contributed by atoms with E-state index in [2.05, 4.69) is 5.32 Å². The zero-order valence-electron chi connectivity index (χ0n) is 12.2. The first-order valence-corrected chi connectivity index (χ1v) is 7.37. The van der Waals surface area contributed by atoms with Crippen molar-refractivity contribution in [2.45, 2.75) is 38.6 Å². The zero-order chi connectivity index (χ0) is 14.4. The summed E-state index contributed by atoms with van der Waals surface area (Å²) in [6.45, 7) is 1.78. The van der Waals surface area contributed by atoms with Crippen molar-refractivity contribution in [3.63, 3.8) is 0 Å². The normalized spacial score (nSPS) is 17.9. The molecule has 2 rings (SSSR count). The topological polar surface area (TPSA) is 61.7 Å². The van der Waals surface area contributed by atoms with Crippen LogP contribution in [0.4, 0.5) is 0 Å². The first-order chi connectivity index (χ1) is 9.69. The molecule has 0 saturated heterocycles. The molecule has 4 nitrogen and oxygen atoms in total. The fourth-order valence-electron chi connectivity index (χ4n) is 3.01. The molecule has 20 heavy (non-hydrogen) atoms. The average Bonchev–Trinajstić information content (AvgIpc) is 2.48. The van der Waals surface area contributed by atoms with Crippen LogP contribution in [0.5, 0.6) is 11.5 Å². The van der Waals surface area contributed by atoms with Gasteiger partial charge in [0.2, 0.25) is 0 Å². The molecule has 0 aliphatic heterocycles. The maximum absolute atomic E-state index is 9.74. The number of nitrogens with one attached hydrogen (secondary N) is 1. The van der Waals surface area contributed by atoms with E-state index >= 15 is 0 Å². The molecular formula is C16H25NO3. The summed E-state index contributed by atoms with van der Waals surface area (Å²) in [7, 11) is 1.54. The van der Waals surface area contributed by atoms with Crippen molar-refractivity contribution in [1.29, 1.82) is 0 Å². The molecule has 0 aromatic heterocycles. The highest BCUT2D eigenvalue weighted by atomic mass is 16.5. The van der Waals surface area contributed by atoms with Gasteiger partial charge in [0.25, 0.3) is 0 Å².